The highest BCUT2D eigenvalue weighted by Crippen LogP contribution is 2.06. The second-order valence-electron chi connectivity index (χ2n) is 1.77. The Morgan fingerprint density at radius 1 is 1.56 bits per heavy atom. The highest BCUT2D eigenvalue weighted by atomic mass is 35.5. The van der Waals surface area contributed by atoms with Crippen molar-refractivity contribution in [3.63, 3.8) is 0 Å². The summed E-state index contributed by atoms with van der Waals surface area (Å²) in [5.74, 6) is 0. The van der Waals surface area contributed by atoms with Gasteiger partial charge in [0.15, 0.2) is 0 Å². The van der Waals surface area contributed by atoms with Crippen molar-refractivity contribution in [1.29, 1.82) is 0 Å². The fraction of sp³-hybridized carbons (Fsp3) is 0.250. The van der Waals surface area contributed by atoms with Crippen LogP contribution in [0.25, 0.3) is 0 Å². The summed E-state index contributed by atoms with van der Waals surface area (Å²) in [6.07, 6.45) is 5.48. The van der Waals surface area contributed by atoms with Crippen LogP contribution in [0.1, 0.15) is 13.8 Å². The van der Waals surface area contributed by atoms with Crippen molar-refractivity contribution < 1.29 is 0 Å². The zero-order valence-corrected chi connectivity index (χ0v) is 6.57. The summed E-state index contributed by atoms with van der Waals surface area (Å²) in [5, 5.41) is 0.757. The van der Waals surface area contributed by atoms with E-state index in [0.29, 0.717) is 0 Å². The lowest BCUT2D eigenvalue weighted by Crippen LogP contribution is -1.66. The summed E-state index contributed by atoms with van der Waals surface area (Å²) in [6, 6.07) is 0. The van der Waals surface area contributed by atoms with Crippen LogP contribution in [-0.2, 0) is 0 Å². The van der Waals surface area contributed by atoms with E-state index in [1.165, 1.54) is 0 Å². The summed E-state index contributed by atoms with van der Waals surface area (Å²) in [7, 11) is 0. The van der Waals surface area contributed by atoms with E-state index in [4.69, 9.17) is 11.6 Å². The van der Waals surface area contributed by atoms with Gasteiger partial charge in [-0.1, -0.05) is 35.9 Å². The number of hydrogen-bond acceptors (Lipinski definition) is 0. The Labute approximate surface area is 61.5 Å². The SMILES string of the molecule is C=C/C(C)=C\C(Cl)=C/C. The van der Waals surface area contributed by atoms with Crippen LogP contribution in [-0.4, -0.2) is 0 Å². The molecule has 0 aliphatic rings. The molecule has 0 fully saturated rings. The van der Waals surface area contributed by atoms with Crippen molar-refractivity contribution in [2.75, 3.05) is 0 Å². The Hall–Kier alpha value is -0.490. The average Bonchev–Trinajstić information content (AvgIpc) is 1.87. The minimum Gasteiger partial charge on any atom is -0.0988 e. The van der Waals surface area contributed by atoms with Gasteiger partial charge in [0.25, 0.3) is 0 Å². The molecule has 0 aromatic carbocycles. The predicted molar refractivity (Wildman–Crippen MR) is 43.6 cm³/mol. The molecule has 0 aromatic heterocycles. The predicted octanol–water partition coefficient (Wildman–Crippen LogP) is 3.26. The largest absolute Gasteiger partial charge is 0.0988 e. The first-order chi connectivity index (χ1) is 4.20. The van der Waals surface area contributed by atoms with Gasteiger partial charge in [-0.15, -0.1) is 0 Å². The lowest BCUT2D eigenvalue weighted by atomic mass is 10.3. The molecule has 50 valence electrons. The molecule has 9 heavy (non-hydrogen) atoms. The first-order valence-electron chi connectivity index (χ1n) is 2.83. The van der Waals surface area contributed by atoms with Crippen molar-refractivity contribution in [2.45, 2.75) is 13.8 Å². The minimum atomic E-state index is 0.757. The lowest BCUT2D eigenvalue weighted by molar-refractivity contribution is 1.52. The molecule has 0 aliphatic heterocycles. The maximum absolute atomic E-state index is 5.68. The van der Waals surface area contributed by atoms with Crippen LogP contribution in [0.15, 0.2) is 35.4 Å². The van der Waals surface area contributed by atoms with Gasteiger partial charge in [0, 0.05) is 5.03 Å². The van der Waals surface area contributed by atoms with Gasteiger partial charge in [0.1, 0.15) is 0 Å². The van der Waals surface area contributed by atoms with Gasteiger partial charge in [-0.05, 0) is 19.9 Å². The van der Waals surface area contributed by atoms with E-state index in [0.717, 1.165) is 10.6 Å². The summed E-state index contributed by atoms with van der Waals surface area (Å²) in [5.41, 5.74) is 1.08. The molecule has 1 heteroatoms. The molecular weight excluding hydrogens is 132 g/mol. The van der Waals surface area contributed by atoms with E-state index < -0.39 is 0 Å². The normalized spacial score (nSPS) is 13.7. The van der Waals surface area contributed by atoms with Crippen molar-refractivity contribution in [2.24, 2.45) is 0 Å². The fourth-order valence-corrected chi connectivity index (χ4v) is 0.532. The van der Waals surface area contributed by atoms with Crippen LogP contribution in [0.3, 0.4) is 0 Å². The zero-order valence-electron chi connectivity index (χ0n) is 5.82. The van der Waals surface area contributed by atoms with Crippen LogP contribution in [0, 0.1) is 0 Å². The van der Waals surface area contributed by atoms with Crippen molar-refractivity contribution >= 4 is 11.6 Å². The third kappa shape index (κ3) is 4.04. The van der Waals surface area contributed by atoms with Crippen LogP contribution < -0.4 is 0 Å². The lowest BCUT2D eigenvalue weighted by Gasteiger charge is -1.88. The molecule has 0 aliphatic carbocycles. The average molecular weight is 143 g/mol. The first-order valence-corrected chi connectivity index (χ1v) is 3.21. The van der Waals surface area contributed by atoms with E-state index in [1.54, 1.807) is 6.08 Å². The molecule has 0 unspecified atom stereocenters. The zero-order chi connectivity index (χ0) is 7.28. The summed E-state index contributed by atoms with van der Waals surface area (Å²) in [4.78, 5) is 0. The summed E-state index contributed by atoms with van der Waals surface area (Å²) in [6.45, 7) is 7.45. The second kappa shape index (κ2) is 4.39. The van der Waals surface area contributed by atoms with Crippen molar-refractivity contribution in [3.8, 4) is 0 Å². The van der Waals surface area contributed by atoms with Crippen LogP contribution in [0.5, 0.6) is 0 Å². The Morgan fingerprint density at radius 3 is 2.44 bits per heavy atom. The Balaban J connectivity index is 4.11. The molecule has 0 radical (unpaired) electrons. The monoisotopic (exact) mass is 142 g/mol. The Bertz CT molecular complexity index is 152. The molecule has 0 atom stereocenters. The number of halogens is 1. The fourth-order valence-electron chi connectivity index (χ4n) is 0.360. The highest BCUT2D eigenvalue weighted by molar-refractivity contribution is 6.31. The molecule has 0 rings (SSSR count). The number of rotatable bonds is 2. The van der Waals surface area contributed by atoms with E-state index in [9.17, 15) is 0 Å². The number of allylic oxidation sites excluding steroid dienone is 5. The molecule has 0 amide bonds. The van der Waals surface area contributed by atoms with E-state index in [1.807, 2.05) is 26.0 Å². The van der Waals surface area contributed by atoms with Gasteiger partial charge in [-0.3, -0.25) is 0 Å². The van der Waals surface area contributed by atoms with Crippen LogP contribution in [0.4, 0.5) is 0 Å². The van der Waals surface area contributed by atoms with Gasteiger partial charge < -0.3 is 0 Å². The van der Waals surface area contributed by atoms with Crippen LogP contribution >= 0.6 is 11.6 Å². The van der Waals surface area contributed by atoms with Gasteiger partial charge >= 0.3 is 0 Å². The quantitative estimate of drug-likeness (QED) is 0.520. The van der Waals surface area contributed by atoms with Crippen molar-refractivity contribution in [3.05, 3.63) is 35.4 Å². The smallest absolute Gasteiger partial charge is 0.0365 e. The molecule has 0 nitrogen and oxygen atoms in total. The molecular formula is C8H11Cl. The maximum Gasteiger partial charge on any atom is 0.0365 e. The standard InChI is InChI=1S/C8H11Cl/c1-4-7(3)6-8(9)5-2/h4-6H,1H2,2-3H3/b7-6-,8-5+. The Kier molecular flexibility index (Phi) is 4.16. The van der Waals surface area contributed by atoms with Gasteiger partial charge in [0.2, 0.25) is 0 Å². The van der Waals surface area contributed by atoms with E-state index in [2.05, 4.69) is 6.58 Å². The number of hydrogen-bond donors (Lipinski definition) is 0. The van der Waals surface area contributed by atoms with Gasteiger partial charge in [0.05, 0.1) is 0 Å². The molecule has 0 spiro atoms. The topological polar surface area (TPSA) is 0 Å². The highest BCUT2D eigenvalue weighted by Gasteiger charge is 1.82. The van der Waals surface area contributed by atoms with Gasteiger partial charge in [-0.25, -0.2) is 0 Å². The molecule has 0 saturated heterocycles. The molecule has 0 bridgehead atoms. The van der Waals surface area contributed by atoms with Gasteiger partial charge in [-0.2, -0.15) is 0 Å². The van der Waals surface area contributed by atoms with Crippen LogP contribution in [0.2, 0.25) is 0 Å². The third-order valence-corrected chi connectivity index (χ3v) is 1.29. The Morgan fingerprint density at radius 2 is 2.11 bits per heavy atom. The maximum atomic E-state index is 5.68. The van der Waals surface area contributed by atoms with E-state index >= 15 is 0 Å². The second-order valence-corrected chi connectivity index (χ2v) is 2.20. The third-order valence-electron chi connectivity index (χ3n) is 0.963. The first kappa shape index (κ1) is 8.51. The summed E-state index contributed by atoms with van der Waals surface area (Å²) >= 11 is 5.68. The molecule has 0 saturated carbocycles. The van der Waals surface area contributed by atoms with Crippen molar-refractivity contribution in [1.82, 2.24) is 0 Å². The summed E-state index contributed by atoms with van der Waals surface area (Å²) < 4.78 is 0. The molecule has 0 heterocycles. The molecule has 0 N–H and O–H groups in total. The minimum absolute atomic E-state index is 0.757. The molecule has 0 aromatic rings. The van der Waals surface area contributed by atoms with E-state index in [-0.39, 0.29) is 0 Å².